The summed E-state index contributed by atoms with van der Waals surface area (Å²) in [6.45, 7) is 0.692. The number of hydrogen-bond acceptors (Lipinski definition) is 7. The lowest BCUT2D eigenvalue weighted by atomic mass is 9.87. The van der Waals surface area contributed by atoms with Crippen LogP contribution in [0.25, 0.3) is 11.1 Å². The summed E-state index contributed by atoms with van der Waals surface area (Å²) >= 11 is 0.950. The van der Waals surface area contributed by atoms with Crippen molar-refractivity contribution in [3.8, 4) is 11.1 Å². The molecule has 250 valence electrons. The number of nitrogens with one attached hydrogen (secondary N) is 1. The molecule has 0 aliphatic heterocycles. The van der Waals surface area contributed by atoms with Gasteiger partial charge in [-0.3, -0.25) is 24.0 Å². The molecule has 1 aromatic heterocycles. The first-order valence-electron chi connectivity index (χ1n) is 14.2. The fourth-order valence-corrected chi connectivity index (χ4v) is 5.78. The molecule has 2 amide bonds. The van der Waals surface area contributed by atoms with Crippen LogP contribution in [0.3, 0.4) is 0 Å². The smallest absolute Gasteiger partial charge is 0.416 e. The Balaban J connectivity index is 1.57. The van der Waals surface area contributed by atoms with Crippen molar-refractivity contribution in [2.75, 3.05) is 26.0 Å². The van der Waals surface area contributed by atoms with Crippen molar-refractivity contribution in [1.29, 1.82) is 0 Å². The number of anilines is 1. The lowest BCUT2D eigenvalue weighted by molar-refractivity contribution is -0.163. The van der Waals surface area contributed by atoms with E-state index in [1.54, 1.807) is 31.2 Å². The minimum absolute atomic E-state index is 0.00913. The van der Waals surface area contributed by atoms with E-state index in [0.29, 0.717) is 16.0 Å². The van der Waals surface area contributed by atoms with Crippen molar-refractivity contribution in [2.24, 2.45) is 0 Å². The van der Waals surface area contributed by atoms with Gasteiger partial charge in [-0.25, -0.2) is 0 Å². The summed E-state index contributed by atoms with van der Waals surface area (Å²) in [6, 6.07) is 17.6. The molecule has 0 aliphatic rings. The molecule has 0 atom stereocenters. The summed E-state index contributed by atoms with van der Waals surface area (Å²) in [6.07, 6.45) is -4.99. The van der Waals surface area contributed by atoms with E-state index in [1.807, 2.05) is 0 Å². The van der Waals surface area contributed by atoms with E-state index in [-0.39, 0.29) is 27.3 Å². The summed E-state index contributed by atoms with van der Waals surface area (Å²) in [7, 11) is 2.94. The van der Waals surface area contributed by atoms with Crippen LogP contribution in [0.2, 0.25) is 0 Å². The lowest BCUT2D eigenvalue weighted by Crippen LogP contribution is -2.47. The van der Waals surface area contributed by atoms with Gasteiger partial charge in [0.25, 0.3) is 11.8 Å². The van der Waals surface area contributed by atoms with Crippen molar-refractivity contribution in [2.45, 2.75) is 24.9 Å². The van der Waals surface area contributed by atoms with Crippen LogP contribution in [0, 0.1) is 6.92 Å². The highest BCUT2D eigenvalue weighted by Gasteiger charge is 2.51. The highest BCUT2D eigenvalue weighted by atomic mass is 32.1. The Hall–Kier alpha value is -5.50. The molecule has 0 aliphatic carbocycles. The summed E-state index contributed by atoms with van der Waals surface area (Å²) in [4.78, 5) is 65.5. The van der Waals surface area contributed by atoms with Gasteiger partial charge in [0.2, 0.25) is 5.41 Å². The molecule has 3 aromatic carbocycles. The second-order valence-corrected chi connectivity index (χ2v) is 12.2. The van der Waals surface area contributed by atoms with Gasteiger partial charge in [-0.15, -0.1) is 11.3 Å². The van der Waals surface area contributed by atoms with Crippen molar-refractivity contribution < 1.29 is 52.1 Å². The number of hydrogen-bond donors (Lipinski definition) is 3. The minimum Gasteiger partial charge on any atom is -0.480 e. The number of thiophene rings is 1. The molecular formula is C34H29F3N2O8S. The van der Waals surface area contributed by atoms with E-state index in [9.17, 15) is 47.4 Å². The third-order valence-electron chi connectivity index (χ3n) is 7.35. The van der Waals surface area contributed by atoms with Crippen molar-refractivity contribution >= 4 is 46.7 Å². The zero-order chi connectivity index (χ0) is 35.4. The number of carbonyl (C=O) groups excluding carboxylic acids is 3. The molecule has 0 saturated heterocycles. The quantitative estimate of drug-likeness (QED) is 0.131. The average molecular weight is 683 g/mol. The molecule has 0 unspecified atom stereocenters. The molecule has 14 heteroatoms. The number of alkyl halides is 3. The Morgan fingerprint density at radius 1 is 0.854 bits per heavy atom. The van der Waals surface area contributed by atoms with E-state index in [2.05, 4.69) is 5.32 Å². The lowest BCUT2D eigenvalue weighted by Gasteiger charge is -2.23. The van der Waals surface area contributed by atoms with Crippen LogP contribution in [0.15, 0.2) is 78.9 Å². The van der Waals surface area contributed by atoms with Gasteiger partial charge in [0.05, 0.1) is 23.2 Å². The Labute approximate surface area is 276 Å². The van der Waals surface area contributed by atoms with Gasteiger partial charge < -0.3 is 25.2 Å². The van der Waals surface area contributed by atoms with Crippen LogP contribution in [0.4, 0.5) is 18.9 Å². The topological polar surface area (TPSA) is 150 Å². The zero-order valence-corrected chi connectivity index (χ0v) is 26.6. The molecule has 4 rings (SSSR count). The SMILES string of the molecule is Cc1ccc(C(COC(=O)Cc2ccc(NC(=O)c3ccccc3-c3ccc(C(F)(F)F)cc3)c(C(=O)N(C)C)c2)(C(=O)O)C(=O)O)s1. The second-order valence-electron chi connectivity index (χ2n) is 10.9. The first-order valence-corrected chi connectivity index (χ1v) is 15.0. The molecule has 0 fully saturated rings. The van der Waals surface area contributed by atoms with Gasteiger partial charge >= 0.3 is 24.1 Å². The summed E-state index contributed by atoms with van der Waals surface area (Å²) < 4.78 is 44.4. The number of carbonyl (C=O) groups is 5. The Kier molecular flexibility index (Phi) is 10.4. The van der Waals surface area contributed by atoms with Crippen LogP contribution in [0.5, 0.6) is 0 Å². The number of aliphatic carboxylic acids is 2. The molecule has 48 heavy (non-hydrogen) atoms. The third kappa shape index (κ3) is 7.55. The van der Waals surface area contributed by atoms with Crippen LogP contribution >= 0.6 is 11.3 Å². The molecule has 10 nitrogen and oxygen atoms in total. The van der Waals surface area contributed by atoms with E-state index in [4.69, 9.17) is 4.74 Å². The molecule has 0 saturated carbocycles. The average Bonchev–Trinajstić information content (AvgIpc) is 3.47. The monoisotopic (exact) mass is 682 g/mol. The van der Waals surface area contributed by atoms with Gasteiger partial charge in [0.1, 0.15) is 6.61 Å². The Morgan fingerprint density at radius 2 is 1.50 bits per heavy atom. The molecule has 0 spiro atoms. The number of benzene rings is 3. The van der Waals surface area contributed by atoms with Crippen molar-refractivity contribution in [3.63, 3.8) is 0 Å². The van der Waals surface area contributed by atoms with E-state index in [1.165, 1.54) is 61.5 Å². The Morgan fingerprint density at radius 3 is 2.06 bits per heavy atom. The zero-order valence-electron chi connectivity index (χ0n) is 25.8. The molecule has 1 heterocycles. The fraction of sp³-hybridized carbons (Fsp3) is 0.206. The summed E-state index contributed by atoms with van der Waals surface area (Å²) in [5, 5.41) is 22.3. The maximum Gasteiger partial charge on any atom is 0.416 e. The predicted molar refractivity (Wildman–Crippen MR) is 170 cm³/mol. The highest BCUT2D eigenvalue weighted by Crippen LogP contribution is 2.34. The maximum atomic E-state index is 13.5. The van der Waals surface area contributed by atoms with Crippen LogP contribution in [0.1, 0.15) is 41.6 Å². The number of carboxylic acids is 2. The van der Waals surface area contributed by atoms with Gasteiger partial charge in [0.15, 0.2) is 0 Å². The van der Waals surface area contributed by atoms with E-state index < -0.39 is 59.9 Å². The number of aryl methyl sites for hydroxylation is 1. The number of ether oxygens (including phenoxy) is 1. The summed E-state index contributed by atoms with van der Waals surface area (Å²) in [5.41, 5.74) is -2.23. The third-order valence-corrected chi connectivity index (χ3v) is 8.52. The largest absolute Gasteiger partial charge is 0.480 e. The predicted octanol–water partition coefficient (Wildman–Crippen LogP) is 5.89. The normalized spacial score (nSPS) is 11.5. The van der Waals surface area contributed by atoms with E-state index in [0.717, 1.165) is 23.5 Å². The molecule has 0 bridgehead atoms. The Bertz CT molecular complexity index is 1870. The summed E-state index contributed by atoms with van der Waals surface area (Å²) in [5.74, 6) is -5.57. The molecule has 4 aromatic rings. The van der Waals surface area contributed by atoms with Gasteiger partial charge in [-0.1, -0.05) is 36.4 Å². The number of halogens is 3. The number of amides is 2. The first-order chi connectivity index (χ1) is 22.5. The van der Waals surface area contributed by atoms with Crippen LogP contribution < -0.4 is 5.32 Å². The standard InChI is InChI=1S/C34H29F3N2O8S/c1-19-8-15-27(48-19)33(31(43)44,32(45)46)18-47-28(40)17-20-9-14-26(25(16-20)30(42)39(2)3)38-29(41)24-7-5-4-6-23(24)21-10-12-22(13-11-21)34(35,36)37/h4-16H,17-18H2,1-3H3,(H,38,41)(H,43,44)(H,45,46). The molecule has 3 N–H and O–H groups in total. The number of carboxylic acid groups (broad SMARTS) is 2. The number of esters is 1. The second kappa shape index (κ2) is 14.1. The fourth-order valence-electron chi connectivity index (χ4n) is 4.76. The molecule has 0 radical (unpaired) electrons. The van der Waals surface area contributed by atoms with E-state index >= 15 is 0 Å². The number of rotatable bonds is 11. The van der Waals surface area contributed by atoms with Crippen molar-refractivity contribution in [1.82, 2.24) is 4.90 Å². The number of nitrogens with zero attached hydrogens (tertiary/aromatic N) is 1. The highest BCUT2D eigenvalue weighted by molar-refractivity contribution is 7.12. The maximum absolute atomic E-state index is 13.5. The van der Waals surface area contributed by atoms with Crippen molar-refractivity contribution in [3.05, 3.63) is 111 Å². The van der Waals surface area contributed by atoms with Crippen LogP contribution in [-0.4, -0.2) is 65.5 Å². The van der Waals surface area contributed by atoms with Crippen LogP contribution in [-0.2, 0) is 37.1 Å². The van der Waals surface area contributed by atoms with Gasteiger partial charge in [-0.2, -0.15) is 13.2 Å². The molecular weight excluding hydrogens is 653 g/mol. The minimum atomic E-state index is -4.53. The first kappa shape index (κ1) is 35.4. The van der Waals surface area contributed by atoms with Gasteiger partial charge in [0, 0.05) is 29.4 Å². The van der Waals surface area contributed by atoms with Gasteiger partial charge in [-0.05, 0) is 66.1 Å².